The summed E-state index contributed by atoms with van der Waals surface area (Å²) in [5.41, 5.74) is 1.90. The van der Waals surface area contributed by atoms with E-state index in [1.165, 1.54) is 11.8 Å². The van der Waals surface area contributed by atoms with Crippen molar-refractivity contribution in [3.8, 4) is 11.8 Å². The van der Waals surface area contributed by atoms with E-state index < -0.39 is 9.84 Å². The van der Waals surface area contributed by atoms with Crippen molar-refractivity contribution in [2.24, 2.45) is 11.8 Å². The van der Waals surface area contributed by atoms with Crippen LogP contribution < -0.4 is 4.74 Å². The summed E-state index contributed by atoms with van der Waals surface area (Å²) < 4.78 is 29.0. The van der Waals surface area contributed by atoms with Gasteiger partial charge in [0.2, 0.25) is 0 Å². The minimum atomic E-state index is -3.18. The minimum absolute atomic E-state index is 0.306. The van der Waals surface area contributed by atoms with Crippen molar-refractivity contribution in [3.63, 3.8) is 0 Å². The van der Waals surface area contributed by atoms with E-state index in [0.29, 0.717) is 34.7 Å². The molecule has 148 valence electrons. The fraction of sp³-hybridized carbons (Fsp3) is 0.409. The number of ether oxygens (including phenoxy) is 1. The van der Waals surface area contributed by atoms with Gasteiger partial charge >= 0.3 is 0 Å². The Morgan fingerprint density at radius 1 is 1.18 bits per heavy atom. The Kier molecular flexibility index (Phi) is 6.38. The number of rotatable bonds is 7. The number of hydrogen-bond acceptors (Lipinski definition) is 5. The van der Waals surface area contributed by atoms with Gasteiger partial charge in [-0.1, -0.05) is 19.1 Å². The van der Waals surface area contributed by atoms with Gasteiger partial charge in [0.15, 0.2) is 9.84 Å². The summed E-state index contributed by atoms with van der Waals surface area (Å²) >= 11 is 0. The molecule has 0 N–H and O–H groups in total. The van der Waals surface area contributed by atoms with Crippen LogP contribution in [-0.4, -0.2) is 45.8 Å². The summed E-state index contributed by atoms with van der Waals surface area (Å²) in [5.74, 6) is 1.69. The van der Waals surface area contributed by atoms with E-state index in [1.807, 2.05) is 18.2 Å². The first-order chi connectivity index (χ1) is 13.3. The van der Waals surface area contributed by atoms with Gasteiger partial charge in [-0.15, -0.1) is 0 Å². The van der Waals surface area contributed by atoms with Gasteiger partial charge in [-0.05, 0) is 54.3 Å². The highest BCUT2D eigenvalue weighted by molar-refractivity contribution is 7.90. The predicted octanol–water partition coefficient (Wildman–Crippen LogP) is 3.15. The van der Waals surface area contributed by atoms with Crippen LogP contribution in [0.2, 0.25) is 0 Å². The lowest BCUT2D eigenvalue weighted by atomic mass is 9.99. The zero-order valence-electron chi connectivity index (χ0n) is 16.3. The number of sulfone groups is 1. The second-order valence-electron chi connectivity index (χ2n) is 7.61. The number of likely N-dealkylation sites (tertiary alicyclic amines) is 1. The zero-order valence-corrected chi connectivity index (χ0v) is 17.2. The van der Waals surface area contributed by atoms with Crippen LogP contribution >= 0.6 is 0 Å². The molecule has 6 heteroatoms. The molecule has 1 fully saturated rings. The van der Waals surface area contributed by atoms with Crippen molar-refractivity contribution in [2.45, 2.75) is 18.2 Å². The molecule has 0 saturated carbocycles. The molecule has 0 spiro atoms. The van der Waals surface area contributed by atoms with Gasteiger partial charge < -0.3 is 9.64 Å². The van der Waals surface area contributed by atoms with E-state index in [-0.39, 0.29) is 0 Å². The van der Waals surface area contributed by atoms with E-state index >= 15 is 0 Å². The summed E-state index contributed by atoms with van der Waals surface area (Å²) in [6.07, 6.45) is 2.14. The Labute approximate surface area is 167 Å². The van der Waals surface area contributed by atoms with E-state index in [9.17, 15) is 8.42 Å². The minimum Gasteiger partial charge on any atom is -0.493 e. The molecule has 5 nitrogen and oxygen atoms in total. The van der Waals surface area contributed by atoms with E-state index in [4.69, 9.17) is 10.00 Å². The van der Waals surface area contributed by atoms with Crippen LogP contribution in [0.15, 0.2) is 53.4 Å². The summed E-state index contributed by atoms with van der Waals surface area (Å²) in [5, 5.41) is 9.02. The Morgan fingerprint density at radius 2 is 1.93 bits per heavy atom. The van der Waals surface area contributed by atoms with Crippen LogP contribution in [0, 0.1) is 23.2 Å². The highest BCUT2D eigenvalue weighted by atomic mass is 32.2. The van der Waals surface area contributed by atoms with Gasteiger partial charge in [0.05, 0.1) is 23.1 Å². The van der Waals surface area contributed by atoms with Gasteiger partial charge in [-0.3, -0.25) is 0 Å². The van der Waals surface area contributed by atoms with Crippen molar-refractivity contribution >= 4 is 9.84 Å². The summed E-state index contributed by atoms with van der Waals surface area (Å²) in [4.78, 5) is 2.76. The lowest BCUT2D eigenvalue weighted by molar-refractivity contribution is 0.225. The van der Waals surface area contributed by atoms with Gasteiger partial charge in [0.25, 0.3) is 0 Å². The third-order valence-corrected chi connectivity index (χ3v) is 6.46. The molecule has 0 amide bonds. The highest BCUT2D eigenvalue weighted by Gasteiger charge is 2.29. The van der Waals surface area contributed by atoms with Crippen molar-refractivity contribution in [2.75, 3.05) is 32.5 Å². The lowest BCUT2D eigenvalue weighted by Crippen LogP contribution is -2.24. The maximum absolute atomic E-state index is 11.5. The van der Waals surface area contributed by atoms with Crippen molar-refractivity contribution in [1.29, 1.82) is 5.26 Å². The second kappa shape index (κ2) is 8.76. The van der Waals surface area contributed by atoms with Gasteiger partial charge in [-0.2, -0.15) is 5.26 Å². The number of hydrogen-bond donors (Lipinski definition) is 0. The first kappa shape index (κ1) is 20.4. The molecule has 1 heterocycles. The largest absolute Gasteiger partial charge is 0.493 e. The summed E-state index contributed by atoms with van der Waals surface area (Å²) in [7, 11) is -3.18. The number of nitrogens with zero attached hydrogens (tertiary/aromatic N) is 2. The van der Waals surface area contributed by atoms with Crippen LogP contribution in [-0.2, 0) is 16.3 Å². The molecule has 28 heavy (non-hydrogen) atoms. The maximum atomic E-state index is 11.5. The van der Waals surface area contributed by atoms with Crippen LogP contribution in [0.3, 0.4) is 0 Å². The second-order valence-corrected chi connectivity index (χ2v) is 9.63. The fourth-order valence-corrected chi connectivity index (χ4v) is 4.24. The molecule has 1 aliphatic rings. The SMILES string of the molecule is CC1CN(CCc2cccc(C#N)c2)CC1COc1ccc(S(C)(=O)=O)cc1. The highest BCUT2D eigenvalue weighted by Crippen LogP contribution is 2.25. The molecule has 1 aliphatic heterocycles. The summed E-state index contributed by atoms with van der Waals surface area (Å²) in [6, 6.07) is 16.6. The summed E-state index contributed by atoms with van der Waals surface area (Å²) in [6.45, 7) is 5.87. The molecule has 2 unspecified atom stereocenters. The number of nitriles is 1. The topological polar surface area (TPSA) is 70.4 Å². The van der Waals surface area contributed by atoms with Crippen molar-refractivity contribution in [1.82, 2.24) is 4.90 Å². The molecular weight excluding hydrogens is 372 g/mol. The molecule has 2 aromatic rings. The van der Waals surface area contributed by atoms with Crippen LogP contribution in [0.5, 0.6) is 5.75 Å². The van der Waals surface area contributed by atoms with Gasteiger partial charge in [0.1, 0.15) is 5.75 Å². The third kappa shape index (κ3) is 5.34. The Hall–Kier alpha value is -2.36. The molecule has 0 aliphatic carbocycles. The molecular formula is C22H26N2O3S. The average Bonchev–Trinajstić information content (AvgIpc) is 3.04. The molecule has 2 aromatic carbocycles. The Balaban J connectivity index is 1.49. The normalized spacial score (nSPS) is 20.0. The smallest absolute Gasteiger partial charge is 0.175 e. The van der Waals surface area contributed by atoms with Crippen LogP contribution in [0.1, 0.15) is 18.1 Å². The quantitative estimate of drug-likeness (QED) is 0.717. The first-order valence-corrected chi connectivity index (χ1v) is 11.4. The van der Waals surface area contributed by atoms with Gasteiger partial charge in [0, 0.05) is 31.8 Å². The van der Waals surface area contributed by atoms with E-state index in [1.54, 1.807) is 24.3 Å². The molecule has 3 rings (SSSR count). The first-order valence-electron chi connectivity index (χ1n) is 9.49. The molecule has 2 atom stereocenters. The lowest BCUT2D eigenvalue weighted by Gasteiger charge is -2.17. The Bertz CT molecular complexity index is 948. The van der Waals surface area contributed by atoms with E-state index in [2.05, 4.69) is 24.0 Å². The monoisotopic (exact) mass is 398 g/mol. The standard InChI is InChI=1S/C22H26N2O3S/c1-17-14-24(11-10-18-4-3-5-19(12-18)13-23)15-20(17)16-27-21-6-8-22(9-7-21)28(2,25)26/h3-9,12,17,20H,10-11,14-16H2,1-2H3. The molecule has 0 radical (unpaired) electrons. The van der Waals surface area contributed by atoms with Gasteiger partial charge in [-0.25, -0.2) is 8.42 Å². The maximum Gasteiger partial charge on any atom is 0.175 e. The fourth-order valence-electron chi connectivity index (χ4n) is 3.61. The van der Waals surface area contributed by atoms with Crippen molar-refractivity contribution < 1.29 is 13.2 Å². The average molecular weight is 399 g/mol. The third-order valence-electron chi connectivity index (χ3n) is 5.33. The Morgan fingerprint density at radius 3 is 2.61 bits per heavy atom. The zero-order chi connectivity index (χ0) is 20.1. The molecule has 1 saturated heterocycles. The predicted molar refractivity (Wildman–Crippen MR) is 109 cm³/mol. The van der Waals surface area contributed by atoms with Crippen molar-refractivity contribution in [3.05, 3.63) is 59.7 Å². The van der Waals surface area contributed by atoms with Crippen LogP contribution in [0.4, 0.5) is 0 Å². The molecule has 0 aromatic heterocycles. The van der Waals surface area contributed by atoms with Crippen LogP contribution in [0.25, 0.3) is 0 Å². The molecule has 0 bridgehead atoms. The van der Waals surface area contributed by atoms with E-state index in [0.717, 1.165) is 26.1 Å². The number of benzene rings is 2.